The topological polar surface area (TPSA) is 46.6 Å². The average molecular weight is 323 g/mol. The summed E-state index contributed by atoms with van der Waals surface area (Å²) in [5.41, 5.74) is 2.25. The molecule has 0 aromatic heterocycles. The Bertz CT molecular complexity index is 692. The summed E-state index contributed by atoms with van der Waals surface area (Å²) in [6.45, 7) is 0.432. The lowest BCUT2D eigenvalue weighted by atomic mass is 10.0. The fraction of sp³-hybridized carbons (Fsp3) is 0.300. The smallest absolute Gasteiger partial charge is 0.261 e. The molecular weight excluding hydrogens is 302 g/mol. The molecule has 2 aromatic rings. The van der Waals surface area contributed by atoms with Crippen LogP contribution in [0.2, 0.25) is 0 Å². The maximum Gasteiger partial charge on any atom is 0.261 e. The molecule has 0 saturated heterocycles. The molecule has 2 aromatic carbocycles. The number of hydrogen-bond acceptors (Lipinski definition) is 3. The van der Waals surface area contributed by atoms with Crippen LogP contribution in [0.25, 0.3) is 0 Å². The first kappa shape index (κ1) is 16.4. The number of fused-ring (bicyclic) bond motifs is 1. The number of methoxy groups -OCH3 is 1. The maximum absolute atomic E-state index is 12.3. The molecule has 4 heteroatoms. The van der Waals surface area contributed by atoms with Gasteiger partial charge in [-0.1, -0.05) is 42.5 Å². The summed E-state index contributed by atoms with van der Waals surface area (Å²) in [7, 11) is 1.70. The summed E-state index contributed by atoms with van der Waals surface area (Å²) in [6.07, 6.45) is 2.46. The predicted octanol–water partition coefficient (Wildman–Crippen LogP) is 3.32. The van der Waals surface area contributed by atoms with Gasteiger partial charge in [0.15, 0.2) is 0 Å². The van der Waals surface area contributed by atoms with Crippen molar-refractivity contribution in [2.24, 2.45) is 0 Å². The highest BCUT2D eigenvalue weighted by Crippen LogP contribution is 2.23. The van der Waals surface area contributed by atoms with E-state index in [1.165, 1.54) is 10.5 Å². The molecule has 3 rings (SSSR count). The van der Waals surface area contributed by atoms with Crippen molar-refractivity contribution in [1.82, 2.24) is 4.90 Å². The minimum atomic E-state index is -0.187. The van der Waals surface area contributed by atoms with E-state index in [1.807, 2.05) is 18.2 Å². The summed E-state index contributed by atoms with van der Waals surface area (Å²) in [5.74, 6) is -0.375. The Balaban J connectivity index is 1.55. The first-order chi connectivity index (χ1) is 11.7. The lowest BCUT2D eigenvalue weighted by Crippen LogP contribution is -2.31. The summed E-state index contributed by atoms with van der Waals surface area (Å²) in [6, 6.07) is 17.2. The SMILES string of the molecule is COC(CCCN1C(=O)c2ccccc2C1=O)Cc1ccccc1. The van der Waals surface area contributed by atoms with Crippen molar-refractivity contribution in [2.45, 2.75) is 25.4 Å². The summed E-state index contributed by atoms with van der Waals surface area (Å²) >= 11 is 0. The van der Waals surface area contributed by atoms with Crippen LogP contribution in [-0.4, -0.2) is 36.5 Å². The van der Waals surface area contributed by atoms with E-state index >= 15 is 0 Å². The predicted molar refractivity (Wildman–Crippen MR) is 92.0 cm³/mol. The van der Waals surface area contributed by atoms with Crippen molar-refractivity contribution >= 4 is 11.8 Å². The number of rotatable bonds is 7. The summed E-state index contributed by atoms with van der Waals surface area (Å²) < 4.78 is 5.55. The largest absolute Gasteiger partial charge is 0.381 e. The van der Waals surface area contributed by atoms with Crippen LogP contribution in [0.4, 0.5) is 0 Å². The zero-order chi connectivity index (χ0) is 16.9. The molecule has 1 atom stereocenters. The van der Waals surface area contributed by atoms with E-state index in [-0.39, 0.29) is 17.9 Å². The second-order valence-corrected chi connectivity index (χ2v) is 6.00. The number of nitrogens with zero attached hydrogens (tertiary/aromatic N) is 1. The fourth-order valence-electron chi connectivity index (χ4n) is 3.10. The molecule has 0 N–H and O–H groups in total. The molecule has 0 aliphatic carbocycles. The van der Waals surface area contributed by atoms with Gasteiger partial charge in [-0.3, -0.25) is 14.5 Å². The molecule has 4 nitrogen and oxygen atoms in total. The van der Waals surface area contributed by atoms with Crippen molar-refractivity contribution in [3.8, 4) is 0 Å². The Morgan fingerprint density at radius 3 is 2.08 bits per heavy atom. The van der Waals surface area contributed by atoms with Gasteiger partial charge in [-0.2, -0.15) is 0 Å². The molecule has 1 heterocycles. The fourth-order valence-corrected chi connectivity index (χ4v) is 3.10. The van der Waals surface area contributed by atoms with Gasteiger partial charge in [0.05, 0.1) is 17.2 Å². The van der Waals surface area contributed by atoms with Crippen molar-refractivity contribution in [1.29, 1.82) is 0 Å². The highest BCUT2D eigenvalue weighted by Gasteiger charge is 2.34. The Morgan fingerprint density at radius 1 is 0.917 bits per heavy atom. The van der Waals surface area contributed by atoms with Crippen LogP contribution in [0.1, 0.15) is 39.1 Å². The van der Waals surface area contributed by atoms with Gasteiger partial charge in [-0.25, -0.2) is 0 Å². The van der Waals surface area contributed by atoms with Crippen molar-refractivity contribution < 1.29 is 14.3 Å². The lowest BCUT2D eigenvalue weighted by molar-refractivity contribution is 0.0622. The number of amides is 2. The number of imide groups is 1. The molecule has 0 radical (unpaired) electrons. The van der Waals surface area contributed by atoms with Crippen LogP contribution in [0.3, 0.4) is 0 Å². The van der Waals surface area contributed by atoms with E-state index < -0.39 is 0 Å². The van der Waals surface area contributed by atoms with Crippen LogP contribution >= 0.6 is 0 Å². The standard InChI is InChI=1S/C20H21NO3/c1-24-16(14-15-8-3-2-4-9-15)10-7-13-21-19(22)17-11-5-6-12-18(17)20(21)23/h2-6,8-9,11-12,16H,7,10,13-14H2,1H3. The van der Waals surface area contributed by atoms with Crippen LogP contribution in [0, 0.1) is 0 Å². The van der Waals surface area contributed by atoms with E-state index in [9.17, 15) is 9.59 Å². The van der Waals surface area contributed by atoms with Gasteiger partial charge in [-0.15, -0.1) is 0 Å². The van der Waals surface area contributed by atoms with E-state index in [0.717, 1.165) is 19.3 Å². The summed E-state index contributed by atoms with van der Waals surface area (Å²) in [5, 5.41) is 0. The Labute approximate surface area is 142 Å². The van der Waals surface area contributed by atoms with E-state index in [4.69, 9.17) is 4.74 Å². The molecule has 0 bridgehead atoms. The van der Waals surface area contributed by atoms with Gasteiger partial charge in [0.25, 0.3) is 11.8 Å². The van der Waals surface area contributed by atoms with E-state index in [2.05, 4.69) is 12.1 Å². The molecule has 1 unspecified atom stereocenters. The van der Waals surface area contributed by atoms with Crippen molar-refractivity contribution in [3.05, 3.63) is 71.3 Å². The number of ether oxygens (including phenoxy) is 1. The molecule has 0 spiro atoms. The third-order valence-corrected chi connectivity index (χ3v) is 4.43. The van der Waals surface area contributed by atoms with Gasteiger partial charge in [0.1, 0.15) is 0 Å². The first-order valence-electron chi connectivity index (χ1n) is 8.22. The monoisotopic (exact) mass is 323 g/mol. The van der Waals surface area contributed by atoms with Crippen LogP contribution in [0.15, 0.2) is 54.6 Å². The molecule has 24 heavy (non-hydrogen) atoms. The van der Waals surface area contributed by atoms with Gasteiger partial charge in [0.2, 0.25) is 0 Å². The Morgan fingerprint density at radius 2 is 1.50 bits per heavy atom. The lowest BCUT2D eigenvalue weighted by Gasteiger charge is -2.18. The number of benzene rings is 2. The Kier molecular flexibility index (Phi) is 5.06. The maximum atomic E-state index is 12.3. The molecule has 2 amide bonds. The summed E-state index contributed by atoms with van der Waals surface area (Å²) in [4.78, 5) is 26.0. The minimum Gasteiger partial charge on any atom is -0.381 e. The van der Waals surface area contributed by atoms with Crippen molar-refractivity contribution in [3.63, 3.8) is 0 Å². The van der Waals surface area contributed by atoms with Crippen molar-refractivity contribution in [2.75, 3.05) is 13.7 Å². The van der Waals surface area contributed by atoms with Gasteiger partial charge >= 0.3 is 0 Å². The molecule has 1 aliphatic heterocycles. The van der Waals surface area contributed by atoms with Gasteiger partial charge < -0.3 is 4.74 Å². The third kappa shape index (κ3) is 3.39. The van der Waals surface area contributed by atoms with Gasteiger partial charge in [-0.05, 0) is 37.0 Å². The minimum absolute atomic E-state index is 0.0857. The quantitative estimate of drug-likeness (QED) is 0.734. The van der Waals surface area contributed by atoms with E-state index in [1.54, 1.807) is 31.4 Å². The van der Waals surface area contributed by atoms with Gasteiger partial charge in [0, 0.05) is 13.7 Å². The highest BCUT2D eigenvalue weighted by molar-refractivity contribution is 6.21. The number of hydrogen-bond donors (Lipinski definition) is 0. The molecule has 1 aliphatic rings. The third-order valence-electron chi connectivity index (χ3n) is 4.43. The molecular formula is C20H21NO3. The zero-order valence-electron chi connectivity index (χ0n) is 13.8. The number of carbonyl (C=O) groups excluding carboxylic acids is 2. The highest BCUT2D eigenvalue weighted by atomic mass is 16.5. The second-order valence-electron chi connectivity index (χ2n) is 6.00. The second kappa shape index (κ2) is 7.41. The zero-order valence-corrected chi connectivity index (χ0v) is 13.8. The molecule has 0 saturated carbocycles. The van der Waals surface area contributed by atoms with Crippen LogP contribution < -0.4 is 0 Å². The molecule has 124 valence electrons. The molecule has 0 fully saturated rings. The normalized spacial score (nSPS) is 14.8. The number of carbonyl (C=O) groups is 2. The average Bonchev–Trinajstić information content (AvgIpc) is 2.87. The van der Waals surface area contributed by atoms with Crippen LogP contribution in [-0.2, 0) is 11.2 Å². The first-order valence-corrected chi connectivity index (χ1v) is 8.22. The van der Waals surface area contributed by atoms with Crippen LogP contribution in [0.5, 0.6) is 0 Å². The van der Waals surface area contributed by atoms with E-state index in [0.29, 0.717) is 17.7 Å². The Hall–Kier alpha value is -2.46.